The Labute approximate surface area is 196 Å². The zero-order valence-electron chi connectivity index (χ0n) is 17.0. The number of carboxylic acid groups (broad SMARTS) is 1. The fraction of sp³-hybridized carbons (Fsp3) is 0.364. The molecule has 6 nitrogen and oxygen atoms in total. The maximum Gasteiger partial charge on any atom is 0.341 e. The third kappa shape index (κ3) is 6.50. The molecule has 1 atom stereocenters. The van der Waals surface area contributed by atoms with Gasteiger partial charge in [-0.2, -0.15) is 0 Å². The largest absolute Gasteiger partial charge is 0.482 e. The second kappa shape index (κ2) is 10.6. The molecule has 0 aromatic heterocycles. The molecule has 2 aromatic rings. The maximum atomic E-state index is 12.8. The Hall–Kier alpha value is -1.99. The van der Waals surface area contributed by atoms with E-state index in [0.29, 0.717) is 47.0 Å². The van der Waals surface area contributed by atoms with Gasteiger partial charge in [0.2, 0.25) is 5.91 Å². The van der Waals surface area contributed by atoms with Crippen LogP contribution in [0.4, 0.5) is 0 Å². The van der Waals surface area contributed by atoms with Gasteiger partial charge >= 0.3 is 5.97 Å². The van der Waals surface area contributed by atoms with Crippen molar-refractivity contribution in [3.05, 3.63) is 62.6 Å². The Balaban J connectivity index is 1.61. The number of hydrogen-bond acceptors (Lipinski definition) is 4. The highest BCUT2D eigenvalue weighted by molar-refractivity contribution is 6.42. The number of nitrogens with zero attached hydrogens (tertiary/aromatic N) is 2. The van der Waals surface area contributed by atoms with Crippen molar-refractivity contribution in [2.75, 3.05) is 26.2 Å². The molecule has 9 heteroatoms. The minimum atomic E-state index is -1.04. The van der Waals surface area contributed by atoms with Gasteiger partial charge in [0.25, 0.3) is 0 Å². The summed E-state index contributed by atoms with van der Waals surface area (Å²) in [6, 6.07) is 10.4. The summed E-state index contributed by atoms with van der Waals surface area (Å²) in [6.07, 6.45) is 0.267. The highest BCUT2D eigenvalue weighted by Gasteiger charge is 2.28. The van der Waals surface area contributed by atoms with E-state index in [1.807, 2.05) is 17.9 Å². The summed E-state index contributed by atoms with van der Waals surface area (Å²) in [5, 5.41) is 10.3. The standard InChI is InChI=1S/C22H23Cl3N2O4/c1-14-11-26(12-16-10-17(23)3-5-20(16)31-13-22(29)30)6-7-27(14)21(28)9-15-2-4-18(24)19(25)8-15/h2-5,8,10,14H,6-7,9,11-13H2,1H3,(H,29,30)/t14-/m0/s1. The topological polar surface area (TPSA) is 70.1 Å². The summed E-state index contributed by atoms with van der Waals surface area (Å²) in [5.74, 6) is -0.500. The number of hydrogen-bond donors (Lipinski definition) is 1. The molecular formula is C22H23Cl3N2O4. The number of rotatable bonds is 7. The first-order valence-corrected chi connectivity index (χ1v) is 10.9. The van der Waals surface area contributed by atoms with E-state index in [9.17, 15) is 9.59 Å². The summed E-state index contributed by atoms with van der Waals surface area (Å²) in [7, 11) is 0. The third-order valence-electron chi connectivity index (χ3n) is 5.14. The van der Waals surface area contributed by atoms with Crippen LogP contribution in [0.25, 0.3) is 0 Å². The van der Waals surface area contributed by atoms with Crippen LogP contribution in [0.3, 0.4) is 0 Å². The van der Waals surface area contributed by atoms with Gasteiger partial charge in [0.1, 0.15) is 5.75 Å². The minimum absolute atomic E-state index is 0.0200. The molecule has 1 saturated heterocycles. The predicted molar refractivity (Wildman–Crippen MR) is 121 cm³/mol. The van der Waals surface area contributed by atoms with Crippen molar-refractivity contribution in [1.82, 2.24) is 9.80 Å². The normalized spacial score (nSPS) is 16.9. The van der Waals surface area contributed by atoms with Gasteiger partial charge in [0, 0.05) is 42.8 Å². The maximum absolute atomic E-state index is 12.8. The quantitative estimate of drug-likeness (QED) is 0.630. The van der Waals surface area contributed by atoms with Gasteiger partial charge in [-0.15, -0.1) is 0 Å². The van der Waals surface area contributed by atoms with E-state index in [1.165, 1.54) is 0 Å². The molecule has 31 heavy (non-hydrogen) atoms. The first-order valence-electron chi connectivity index (χ1n) is 9.81. The zero-order valence-corrected chi connectivity index (χ0v) is 19.3. The average molecular weight is 486 g/mol. The highest BCUT2D eigenvalue weighted by Crippen LogP contribution is 2.26. The second-order valence-electron chi connectivity index (χ2n) is 7.53. The van der Waals surface area contributed by atoms with E-state index in [1.54, 1.807) is 30.3 Å². The molecule has 0 unspecified atom stereocenters. The van der Waals surface area contributed by atoms with Crippen LogP contribution in [-0.4, -0.2) is 59.1 Å². The van der Waals surface area contributed by atoms with Gasteiger partial charge in [0.15, 0.2) is 6.61 Å². The lowest BCUT2D eigenvalue weighted by atomic mass is 10.1. The molecule has 0 aliphatic carbocycles. The van der Waals surface area contributed by atoms with E-state index in [0.717, 1.165) is 11.1 Å². The van der Waals surface area contributed by atoms with Crippen molar-refractivity contribution in [1.29, 1.82) is 0 Å². The van der Waals surface area contributed by atoms with Crippen LogP contribution in [0.1, 0.15) is 18.1 Å². The minimum Gasteiger partial charge on any atom is -0.482 e. The molecule has 1 heterocycles. The van der Waals surface area contributed by atoms with E-state index >= 15 is 0 Å². The van der Waals surface area contributed by atoms with Gasteiger partial charge in [-0.3, -0.25) is 9.69 Å². The number of benzene rings is 2. The lowest BCUT2D eigenvalue weighted by molar-refractivity contribution is -0.139. The van der Waals surface area contributed by atoms with Crippen LogP contribution < -0.4 is 4.74 Å². The smallest absolute Gasteiger partial charge is 0.341 e. The van der Waals surface area contributed by atoms with Crippen molar-refractivity contribution < 1.29 is 19.4 Å². The zero-order chi connectivity index (χ0) is 22.5. The van der Waals surface area contributed by atoms with Gasteiger partial charge in [-0.1, -0.05) is 40.9 Å². The number of carbonyl (C=O) groups is 2. The lowest BCUT2D eigenvalue weighted by Gasteiger charge is -2.40. The monoisotopic (exact) mass is 484 g/mol. The average Bonchev–Trinajstić information content (AvgIpc) is 2.70. The first kappa shape index (κ1) is 23.7. The molecule has 0 radical (unpaired) electrons. The summed E-state index contributed by atoms with van der Waals surface area (Å²) >= 11 is 18.1. The third-order valence-corrected chi connectivity index (χ3v) is 6.11. The molecular weight excluding hydrogens is 463 g/mol. The van der Waals surface area contributed by atoms with Gasteiger partial charge < -0.3 is 14.7 Å². The first-order chi connectivity index (χ1) is 14.7. The number of ether oxygens (including phenoxy) is 1. The van der Waals surface area contributed by atoms with Crippen LogP contribution in [0.15, 0.2) is 36.4 Å². The molecule has 1 N–H and O–H groups in total. The van der Waals surface area contributed by atoms with E-state index in [-0.39, 0.29) is 18.4 Å². The number of amides is 1. The molecule has 1 fully saturated rings. The van der Waals surface area contributed by atoms with Crippen molar-refractivity contribution in [2.45, 2.75) is 25.9 Å². The Kier molecular flexibility index (Phi) is 8.06. The van der Waals surface area contributed by atoms with Crippen molar-refractivity contribution >= 4 is 46.7 Å². The van der Waals surface area contributed by atoms with Crippen LogP contribution in [-0.2, 0) is 22.6 Å². The Morgan fingerprint density at radius 3 is 2.55 bits per heavy atom. The molecule has 0 bridgehead atoms. The number of carbonyl (C=O) groups excluding carboxylic acids is 1. The summed E-state index contributed by atoms with van der Waals surface area (Å²) in [4.78, 5) is 27.7. The Morgan fingerprint density at radius 2 is 1.87 bits per heavy atom. The molecule has 166 valence electrons. The van der Waals surface area contributed by atoms with E-state index in [4.69, 9.17) is 44.6 Å². The van der Waals surface area contributed by atoms with Crippen LogP contribution >= 0.6 is 34.8 Å². The number of halogens is 3. The van der Waals surface area contributed by atoms with E-state index < -0.39 is 12.6 Å². The summed E-state index contributed by atoms with van der Waals surface area (Å²) in [5.41, 5.74) is 1.64. The molecule has 1 amide bonds. The SMILES string of the molecule is C[C@H]1CN(Cc2cc(Cl)ccc2OCC(=O)O)CCN1C(=O)Cc1ccc(Cl)c(Cl)c1. The number of piperazine rings is 1. The van der Waals surface area contributed by atoms with Crippen molar-refractivity contribution in [3.63, 3.8) is 0 Å². The van der Waals surface area contributed by atoms with Crippen molar-refractivity contribution in [3.8, 4) is 5.75 Å². The molecule has 0 saturated carbocycles. The number of carboxylic acids is 1. The fourth-order valence-electron chi connectivity index (χ4n) is 3.67. The van der Waals surface area contributed by atoms with Crippen LogP contribution in [0, 0.1) is 0 Å². The van der Waals surface area contributed by atoms with Crippen molar-refractivity contribution in [2.24, 2.45) is 0 Å². The Morgan fingerprint density at radius 1 is 1.10 bits per heavy atom. The molecule has 0 spiro atoms. The predicted octanol–water partition coefficient (Wildman–Crippen LogP) is 4.39. The molecule has 2 aromatic carbocycles. The highest BCUT2D eigenvalue weighted by atomic mass is 35.5. The second-order valence-corrected chi connectivity index (χ2v) is 8.78. The lowest BCUT2D eigenvalue weighted by Crippen LogP contribution is -2.54. The van der Waals surface area contributed by atoms with Crippen LogP contribution in [0.2, 0.25) is 15.1 Å². The Bertz CT molecular complexity index is 970. The molecule has 3 rings (SSSR count). The summed E-state index contributed by atoms with van der Waals surface area (Å²) in [6.45, 7) is 4.10. The van der Waals surface area contributed by atoms with Gasteiger partial charge in [-0.05, 0) is 42.8 Å². The molecule has 1 aliphatic heterocycles. The van der Waals surface area contributed by atoms with Gasteiger partial charge in [0.05, 0.1) is 16.5 Å². The fourth-order valence-corrected chi connectivity index (χ4v) is 4.18. The molecule has 1 aliphatic rings. The van der Waals surface area contributed by atoms with Gasteiger partial charge in [-0.25, -0.2) is 4.79 Å². The van der Waals surface area contributed by atoms with E-state index in [2.05, 4.69) is 4.90 Å². The summed E-state index contributed by atoms with van der Waals surface area (Å²) < 4.78 is 5.40. The number of aliphatic carboxylic acids is 1. The van der Waals surface area contributed by atoms with Crippen LogP contribution in [0.5, 0.6) is 5.75 Å².